The molecule has 0 radical (unpaired) electrons. The Labute approximate surface area is 183 Å². The average Bonchev–Trinajstić information content (AvgIpc) is 3.17. The van der Waals surface area contributed by atoms with Gasteiger partial charge < -0.3 is 19.7 Å². The van der Waals surface area contributed by atoms with Gasteiger partial charge in [0.25, 0.3) is 0 Å². The molecule has 2 aliphatic heterocycles. The summed E-state index contributed by atoms with van der Waals surface area (Å²) in [6.45, 7) is 1.02. The van der Waals surface area contributed by atoms with E-state index in [1.165, 1.54) is 18.2 Å². The highest BCUT2D eigenvalue weighted by Crippen LogP contribution is 2.39. The molecule has 5 rings (SSSR count). The molecule has 0 aliphatic carbocycles. The number of nitriles is 1. The number of nitrogens with one attached hydrogen (secondary N) is 1. The van der Waals surface area contributed by atoms with Crippen molar-refractivity contribution < 1.29 is 14.6 Å². The van der Waals surface area contributed by atoms with Crippen molar-refractivity contribution in [3.05, 3.63) is 75.5 Å². The first-order valence-corrected chi connectivity index (χ1v) is 10.2. The van der Waals surface area contributed by atoms with E-state index in [1.54, 1.807) is 13.2 Å². The summed E-state index contributed by atoms with van der Waals surface area (Å²) in [4.78, 5) is 18.6. The van der Waals surface area contributed by atoms with Crippen LogP contribution in [0.15, 0.2) is 53.6 Å². The van der Waals surface area contributed by atoms with Gasteiger partial charge in [-0.2, -0.15) is 5.26 Å². The SMILES string of the molecule is COc1ccc2[nH]c3c(c2c1)CCN1CC(C(=O)c2cc(Cl)ccc2O)=CC(C#N)=C31. The van der Waals surface area contributed by atoms with Gasteiger partial charge in [-0.25, -0.2) is 0 Å². The van der Waals surface area contributed by atoms with Gasteiger partial charge in [0.05, 0.1) is 29.6 Å². The molecule has 0 saturated heterocycles. The zero-order valence-electron chi connectivity index (χ0n) is 16.7. The number of ether oxygens (including phenoxy) is 1. The Morgan fingerprint density at radius 2 is 2.13 bits per heavy atom. The number of Topliss-reactive ketones (excluding diaryl/α,β-unsaturated/α-hetero) is 1. The van der Waals surface area contributed by atoms with Gasteiger partial charge in [-0.1, -0.05) is 11.6 Å². The van der Waals surface area contributed by atoms with Crippen molar-refractivity contribution in [1.29, 1.82) is 5.26 Å². The van der Waals surface area contributed by atoms with Crippen LogP contribution in [0.1, 0.15) is 21.6 Å². The van der Waals surface area contributed by atoms with Gasteiger partial charge in [0, 0.05) is 34.6 Å². The predicted molar refractivity (Wildman–Crippen MR) is 118 cm³/mol. The fraction of sp³-hybridized carbons (Fsp3) is 0.167. The van der Waals surface area contributed by atoms with Crippen molar-refractivity contribution >= 4 is 34.0 Å². The van der Waals surface area contributed by atoms with Gasteiger partial charge in [0.15, 0.2) is 5.78 Å². The summed E-state index contributed by atoms with van der Waals surface area (Å²) in [5, 5.41) is 21.5. The standard InChI is InChI=1S/C24H18ClN3O3/c1-31-16-3-4-20-18(10-16)17-6-7-28-12-14(8-13(11-26)23(28)22(17)27-20)24(30)19-9-15(25)2-5-21(19)29/h2-5,8-10,27,29H,6-7,12H2,1H3. The van der Waals surface area contributed by atoms with E-state index in [0.717, 1.165) is 40.0 Å². The van der Waals surface area contributed by atoms with Crippen LogP contribution in [0.25, 0.3) is 16.6 Å². The topological polar surface area (TPSA) is 89.3 Å². The molecule has 2 aromatic carbocycles. The van der Waals surface area contributed by atoms with Crippen LogP contribution in [-0.2, 0) is 6.42 Å². The van der Waals surface area contributed by atoms with Crippen LogP contribution >= 0.6 is 11.6 Å². The Morgan fingerprint density at radius 3 is 2.90 bits per heavy atom. The number of halogens is 1. The Morgan fingerprint density at radius 1 is 1.29 bits per heavy atom. The molecular formula is C24H18ClN3O3. The quantitative estimate of drug-likeness (QED) is 0.598. The molecule has 0 atom stereocenters. The van der Waals surface area contributed by atoms with Crippen molar-refractivity contribution in [2.75, 3.05) is 20.2 Å². The Kier molecular flexibility index (Phi) is 4.49. The van der Waals surface area contributed by atoms with Crippen molar-refractivity contribution in [3.63, 3.8) is 0 Å². The molecule has 31 heavy (non-hydrogen) atoms. The van der Waals surface area contributed by atoms with Crippen molar-refractivity contribution in [2.45, 2.75) is 6.42 Å². The number of carbonyl (C=O) groups is 1. The summed E-state index contributed by atoms with van der Waals surface area (Å²) in [6, 6.07) is 12.5. The maximum Gasteiger partial charge on any atom is 0.194 e. The van der Waals surface area contributed by atoms with E-state index in [2.05, 4.69) is 11.1 Å². The molecule has 0 saturated carbocycles. The third-order valence-electron chi connectivity index (χ3n) is 5.85. The van der Waals surface area contributed by atoms with Gasteiger partial charge in [-0.3, -0.25) is 4.79 Å². The van der Waals surface area contributed by atoms with Crippen LogP contribution in [0.4, 0.5) is 0 Å². The fourth-order valence-corrected chi connectivity index (χ4v) is 4.55. The number of nitrogens with zero attached hydrogens (tertiary/aromatic N) is 2. The summed E-state index contributed by atoms with van der Waals surface area (Å²) in [5.74, 6) is 0.317. The van der Waals surface area contributed by atoms with Gasteiger partial charge in [-0.15, -0.1) is 0 Å². The molecule has 3 heterocycles. The Bertz CT molecular complexity index is 1360. The van der Waals surface area contributed by atoms with Crippen LogP contribution in [0.3, 0.4) is 0 Å². The smallest absolute Gasteiger partial charge is 0.194 e. The van der Waals surface area contributed by atoms with Gasteiger partial charge in [0.2, 0.25) is 0 Å². The molecule has 1 aromatic heterocycles. The molecule has 7 heteroatoms. The number of hydrogen-bond acceptors (Lipinski definition) is 5. The largest absolute Gasteiger partial charge is 0.507 e. The fourth-order valence-electron chi connectivity index (χ4n) is 4.37. The lowest BCUT2D eigenvalue weighted by atomic mass is 9.91. The Hall–Kier alpha value is -3.69. The van der Waals surface area contributed by atoms with Crippen molar-refractivity contribution in [2.24, 2.45) is 0 Å². The first-order valence-electron chi connectivity index (χ1n) is 9.82. The number of aromatic hydroxyl groups is 1. The summed E-state index contributed by atoms with van der Waals surface area (Å²) >= 11 is 6.02. The lowest BCUT2D eigenvalue weighted by Gasteiger charge is -2.35. The number of ketones is 1. The molecule has 0 fully saturated rings. The number of carbonyl (C=O) groups excluding carboxylic acids is 1. The van der Waals surface area contributed by atoms with E-state index in [-0.39, 0.29) is 17.1 Å². The van der Waals surface area contributed by atoms with Gasteiger partial charge in [0.1, 0.15) is 17.6 Å². The monoisotopic (exact) mass is 431 g/mol. The number of benzene rings is 2. The van der Waals surface area contributed by atoms with E-state index in [1.807, 2.05) is 23.1 Å². The second-order valence-corrected chi connectivity index (χ2v) is 8.03. The number of rotatable bonds is 3. The first kappa shape index (κ1) is 19.3. The maximum absolute atomic E-state index is 13.1. The second kappa shape index (κ2) is 7.22. The number of aromatic nitrogens is 1. The normalized spacial score (nSPS) is 15.3. The van der Waals surface area contributed by atoms with E-state index < -0.39 is 0 Å². The van der Waals surface area contributed by atoms with E-state index in [9.17, 15) is 15.2 Å². The zero-order chi connectivity index (χ0) is 21.7. The molecule has 0 amide bonds. The van der Waals surface area contributed by atoms with E-state index in [4.69, 9.17) is 16.3 Å². The third-order valence-corrected chi connectivity index (χ3v) is 6.08. The van der Waals surface area contributed by atoms with Crippen molar-refractivity contribution in [1.82, 2.24) is 9.88 Å². The Balaban J connectivity index is 1.63. The molecule has 6 nitrogen and oxygen atoms in total. The molecule has 2 aliphatic rings. The van der Waals surface area contributed by atoms with Crippen LogP contribution in [0.2, 0.25) is 5.02 Å². The average molecular weight is 432 g/mol. The van der Waals surface area contributed by atoms with Crippen LogP contribution in [-0.4, -0.2) is 41.0 Å². The maximum atomic E-state index is 13.1. The highest BCUT2D eigenvalue weighted by Gasteiger charge is 2.32. The molecule has 0 unspecified atom stereocenters. The minimum absolute atomic E-state index is 0.130. The number of phenols is 1. The number of H-pyrrole nitrogens is 1. The number of fused-ring (bicyclic) bond motifs is 5. The van der Waals surface area contributed by atoms with Crippen LogP contribution in [0, 0.1) is 11.3 Å². The minimum Gasteiger partial charge on any atom is -0.507 e. The summed E-state index contributed by atoms with van der Waals surface area (Å²) in [5.41, 5.74) is 4.81. The van der Waals surface area contributed by atoms with Gasteiger partial charge >= 0.3 is 0 Å². The summed E-state index contributed by atoms with van der Waals surface area (Å²) < 4.78 is 5.37. The minimum atomic E-state index is -0.334. The number of methoxy groups -OCH3 is 1. The second-order valence-electron chi connectivity index (χ2n) is 7.60. The number of hydrogen-bond donors (Lipinski definition) is 2. The summed E-state index contributed by atoms with van der Waals surface area (Å²) in [7, 11) is 1.64. The van der Waals surface area contributed by atoms with Gasteiger partial charge in [-0.05, 0) is 54.5 Å². The van der Waals surface area contributed by atoms with E-state index in [0.29, 0.717) is 29.3 Å². The number of aromatic amines is 1. The predicted octanol–water partition coefficient (Wildman–Crippen LogP) is 4.45. The first-order chi connectivity index (χ1) is 15.0. The van der Waals surface area contributed by atoms with Crippen molar-refractivity contribution in [3.8, 4) is 17.6 Å². The van der Waals surface area contributed by atoms with E-state index >= 15 is 0 Å². The lowest BCUT2D eigenvalue weighted by molar-refractivity contribution is 0.102. The molecule has 0 bridgehead atoms. The molecule has 2 N–H and O–H groups in total. The number of allylic oxidation sites excluding steroid dienone is 2. The molecule has 154 valence electrons. The highest BCUT2D eigenvalue weighted by molar-refractivity contribution is 6.31. The van der Waals surface area contributed by atoms with Crippen LogP contribution < -0.4 is 4.74 Å². The van der Waals surface area contributed by atoms with Crippen LogP contribution in [0.5, 0.6) is 11.5 Å². The molecular weight excluding hydrogens is 414 g/mol. The zero-order valence-corrected chi connectivity index (χ0v) is 17.5. The molecule has 3 aromatic rings. The summed E-state index contributed by atoms with van der Waals surface area (Å²) in [6.07, 6.45) is 2.39. The molecule has 0 spiro atoms. The highest BCUT2D eigenvalue weighted by atomic mass is 35.5. The lowest BCUT2D eigenvalue weighted by Crippen LogP contribution is -2.35. The number of phenolic OH excluding ortho intramolecular Hbond substituents is 1. The third kappa shape index (κ3) is 3.06.